The molecule has 0 spiro atoms. The van der Waals surface area contributed by atoms with Gasteiger partial charge in [-0.25, -0.2) is 0 Å². The van der Waals surface area contributed by atoms with Gasteiger partial charge >= 0.3 is 0 Å². The molecule has 21 heavy (non-hydrogen) atoms. The molecule has 2 N–H and O–H groups in total. The van der Waals surface area contributed by atoms with Gasteiger partial charge in [-0.2, -0.15) is 0 Å². The van der Waals surface area contributed by atoms with Gasteiger partial charge in [0, 0.05) is 14.1 Å². The first-order chi connectivity index (χ1) is 7.20. The van der Waals surface area contributed by atoms with E-state index in [1.807, 2.05) is 0 Å². The van der Waals surface area contributed by atoms with E-state index in [9.17, 15) is 9.59 Å². The second-order valence-corrected chi connectivity index (χ2v) is 7.52. The van der Waals surface area contributed by atoms with Crippen molar-refractivity contribution in [3.63, 3.8) is 0 Å². The molecule has 0 saturated carbocycles. The summed E-state index contributed by atoms with van der Waals surface area (Å²) in [6.45, 7) is 0. The van der Waals surface area contributed by atoms with Crippen LogP contribution in [0.25, 0.3) is 0 Å². The van der Waals surface area contributed by atoms with Crippen molar-refractivity contribution in [2.45, 2.75) is 44.6 Å². The highest BCUT2D eigenvalue weighted by atomic mass is 33.1. The lowest BCUT2D eigenvalue weighted by molar-refractivity contribution is -0.118. The van der Waals surface area contributed by atoms with Crippen LogP contribution >= 0.6 is 43.2 Å². The SMILES string of the molecule is C.C.C.C.C.C.CNC(=O)CSSCSSCC(=O)NC. The van der Waals surface area contributed by atoms with Gasteiger partial charge in [0.2, 0.25) is 11.8 Å². The van der Waals surface area contributed by atoms with E-state index in [0.29, 0.717) is 11.5 Å². The zero-order valence-corrected chi connectivity index (χ0v) is 11.8. The number of hydrogen-bond acceptors (Lipinski definition) is 6. The van der Waals surface area contributed by atoms with E-state index >= 15 is 0 Å². The Bertz CT molecular complexity index is 189. The molecule has 0 bridgehead atoms. The average Bonchev–Trinajstić information content (AvgIpc) is 2.26. The fraction of sp³-hybridized carbons (Fsp3) is 0.846. The molecule has 0 saturated heterocycles. The van der Waals surface area contributed by atoms with Crippen LogP contribution in [0.2, 0.25) is 0 Å². The van der Waals surface area contributed by atoms with Crippen molar-refractivity contribution in [1.29, 1.82) is 0 Å². The lowest BCUT2D eigenvalue weighted by atomic mass is 10.7. The maximum atomic E-state index is 10.8. The molecule has 0 aliphatic carbocycles. The van der Waals surface area contributed by atoms with Gasteiger partial charge in [-0.05, 0) is 0 Å². The van der Waals surface area contributed by atoms with E-state index in [2.05, 4.69) is 10.6 Å². The molecular weight excluding hydrogens is 344 g/mol. The van der Waals surface area contributed by atoms with Gasteiger partial charge in [-0.1, -0.05) is 87.7 Å². The predicted molar refractivity (Wildman–Crippen MR) is 113 cm³/mol. The molecule has 0 unspecified atom stereocenters. The van der Waals surface area contributed by atoms with Crippen molar-refractivity contribution in [2.24, 2.45) is 0 Å². The van der Waals surface area contributed by atoms with Crippen molar-refractivity contribution in [1.82, 2.24) is 10.6 Å². The van der Waals surface area contributed by atoms with E-state index in [4.69, 9.17) is 0 Å². The molecular formula is C13H38N2O2S4. The summed E-state index contributed by atoms with van der Waals surface area (Å²) < 4.78 is 0. The summed E-state index contributed by atoms with van der Waals surface area (Å²) in [4.78, 5) is 21.6. The highest BCUT2D eigenvalue weighted by Crippen LogP contribution is 2.31. The molecule has 0 aromatic heterocycles. The fourth-order valence-electron chi connectivity index (χ4n) is 0.422. The summed E-state index contributed by atoms with van der Waals surface area (Å²) in [6, 6.07) is 0. The molecule has 0 atom stereocenters. The number of rotatable bonds is 8. The summed E-state index contributed by atoms with van der Waals surface area (Å²) in [7, 11) is 9.54. The first kappa shape index (κ1) is 42.9. The summed E-state index contributed by atoms with van der Waals surface area (Å²) in [6.07, 6.45) is 0. The summed E-state index contributed by atoms with van der Waals surface area (Å²) in [5, 5.41) is 5.97. The van der Waals surface area contributed by atoms with Crippen LogP contribution < -0.4 is 10.6 Å². The van der Waals surface area contributed by atoms with E-state index in [-0.39, 0.29) is 56.4 Å². The molecule has 0 fully saturated rings. The minimum atomic E-state index is 0. The first-order valence-electron chi connectivity index (χ1n) is 4.10. The van der Waals surface area contributed by atoms with Gasteiger partial charge in [-0.15, -0.1) is 0 Å². The van der Waals surface area contributed by atoms with Crippen molar-refractivity contribution in [3.05, 3.63) is 0 Å². The Balaban J connectivity index is -0.0000000653. The summed E-state index contributed by atoms with van der Waals surface area (Å²) in [5.41, 5.74) is 0. The molecule has 2 amide bonds. The molecule has 8 heteroatoms. The maximum Gasteiger partial charge on any atom is 0.230 e. The number of carbonyl (C=O) groups excluding carboxylic acids is 2. The summed E-state index contributed by atoms with van der Waals surface area (Å²) >= 11 is 0. The topological polar surface area (TPSA) is 58.2 Å². The molecule has 4 nitrogen and oxygen atoms in total. The second kappa shape index (κ2) is 32.3. The largest absolute Gasteiger partial charge is 0.358 e. The third kappa shape index (κ3) is 33.3. The van der Waals surface area contributed by atoms with E-state index in [1.165, 1.54) is 21.6 Å². The third-order valence-electron chi connectivity index (χ3n) is 1.20. The van der Waals surface area contributed by atoms with Crippen LogP contribution in [0.4, 0.5) is 0 Å². The number of carbonyl (C=O) groups is 2. The average molecular weight is 383 g/mol. The molecule has 0 rings (SSSR count). The number of hydrogen-bond donors (Lipinski definition) is 2. The zero-order valence-electron chi connectivity index (χ0n) is 8.57. The molecule has 0 aromatic carbocycles. The highest BCUT2D eigenvalue weighted by Gasteiger charge is 2.00. The quantitative estimate of drug-likeness (QED) is 0.349. The minimum Gasteiger partial charge on any atom is -0.358 e. The van der Waals surface area contributed by atoms with E-state index in [0.717, 1.165) is 5.08 Å². The van der Waals surface area contributed by atoms with Crippen LogP contribution in [0.3, 0.4) is 0 Å². The molecule has 136 valence electrons. The minimum absolute atomic E-state index is 0. The Labute approximate surface area is 150 Å². The van der Waals surface area contributed by atoms with Crippen molar-refractivity contribution in [3.8, 4) is 0 Å². The third-order valence-corrected chi connectivity index (χ3v) is 6.50. The Morgan fingerprint density at radius 3 is 1.19 bits per heavy atom. The first-order valence-corrected chi connectivity index (χ1v) is 9.08. The fourth-order valence-corrected chi connectivity index (χ4v) is 5.57. The summed E-state index contributed by atoms with van der Waals surface area (Å²) in [5.74, 6) is 1.02. The molecule has 0 aliphatic heterocycles. The van der Waals surface area contributed by atoms with Gasteiger partial charge in [0.15, 0.2) is 0 Å². The van der Waals surface area contributed by atoms with Crippen LogP contribution in [0, 0.1) is 0 Å². The Hall–Kier alpha value is 0.340. The van der Waals surface area contributed by atoms with Crippen LogP contribution in [0.15, 0.2) is 0 Å². The van der Waals surface area contributed by atoms with Crippen molar-refractivity contribution >= 4 is 55.0 Å². The van der Waals surface area contributed by atoms with Crippen molar-refractivity contribution < 1.29 is 9.59 Å². The number of amides is 2. The van der Waals surface area contributed by atoms with Gasteiger partial charge in [0.25, 0.3) is 0 Å². The lowest BCUT2D eigenvalue weighted by Gasteiger charge is -2.00. The Morgan fingerprint density at radius 1 is 0.667 bits per heavy atom. The normalized spacial score (nSPS) is 6.95. The van der Waals surface area contributed by atoms with Crippen molar-refractivity contribution in [2.75, 3.05) is 30.7 Å². The van der Waals surface area contributed by atoms with Gasteiger partial charge in [0.05, 0.1) is 16.6 Å². The highest BCUT2D eigenvalue weighted by molar-refractivity contribution is 8.85. The van der Waals surface area contributed by atoms with Gasteiger partial charge in [0.1, 0.15) is 0 Å². The number of nitrogens with one attached hydrogen (secondary N) is 2. The lowest BCUT2D eigenvalue weighted by Crippen LogP contribution is -2.19. The molecule has 0 aromatic rings. The Kier molecular flexibility index (Phi) is 66.1. The van der Waals surface area contributed by atoms with Crippen LogP contribution in [0.5, 0.6) is 0 Å². The standard InChI is InChI=1S/C7H14N2O2S4.6CH4/c1-8-6(10)3-12-14-5-15-13-4-7(11)9-2;;;;;;/h3-5H2,1-2H3,(H,8,10)(H,9,11);6*1H4. The molecule has 0 aliphatic rings. The predicted octanol–water partition coefficient (Wildman–Crippen LogP) is 5.02. The van der Waals surface area contributed by atoms with Gasteiger partial charge in [-0.3, -0.25) is 9.59 Å². The van der Waals surface area contributed by atoms with Crippen LogP contribution in [-0.4, -0.2) is 42.5 Å². The Morgan fingerprint density at radius 2 is 0.952 bits per heavy atom. The van der Waals surface area contributed by atoms with Crippen LogP contribution in [-0.2, 0) is 9.59 Å². The van der Waals surface area contributed by atoms with E-state index < -0.39 is 0 Å². The van der Waals surface area contributed by atoms with Gasteiger partial charge < -0.3 is 10.6 Å². The second-order valence-electron chi connectivity index (χ2n) is 2.22. The smallest absolute Gasteiger partial charge is 0.230 e. The molecule has 0 radical (unpaired) electrons. The van der Waals surface area contributed by atoms with Crippen LogP contribution in [0.1, 0.15) is 44.6 Å². The monoisotopic (exact) mass is 382 g/mol. The maximum absolute atomic E-state index is 10.8. The molecule has 0 heterocycles. The van der Waals surface area contributed by atoms with E-state index in [1.54, 1.807) is 35.7 Å². The zero-order chi connectivity index (χ0) is 11.5.